The molecule has 5 heteroatoms. The Labute approximate surface area is 308 Å². The summed E-state index contributed by atoms with van der Waals surface area (Å²) in [6.07, 6.45) is 0. The Morgan fingerprint density at radius 1 is 0.434 bits per heavy atom. The van der Waals surface area contributed by atoms with Crippen molar-refractivity contribution in [1.82, 2.24) is 19.5 Å². The Morgan fingerprint density at radius 2 is 0.906 bits per heavy atom. The minimum Gasteiger partial charge on any atom is -0.309 e. The number of nitrogens with zero attached hydrogens (tertiary/aromatic N) is 5. The average Bonchev–Trinajstić information content (AvgIpc) is 3.54. The van der Waals surface area contributed by atoms with Crippen LogP contribution in [0.1, 0.15) is 11.1 Å². The van der Waals surface area contributed by atoms with Crippen LogP contribution in [0.5, 0.6) is 0 Å². The lowest BCUT2D eigenvalue weighted by atomic mass is 9.97. The minimum atomic E-state index is 0.454. The molecule has 0 atom stereocenters. The smallest absolute Gasteiger partial charge is 0.198 e. The molecular formula is C48H33N5. The SMILES string of the molecule is [C-]#[N+]c1ccc(-n2c3ccc(-c4ccccc4C)cc3c3cc(-c4ccccc4C)ccc32)cc1-c1nc(-c2ccccc2)nc(-c2ccccc2)n1. The molecule has 53 heavy (non-hydrogen) atoms. The fourth-order valence-electron chi connectivity index (χ4n) is 7.30. The van der Waals surface area contributed by atoms with Crippen molar-refractivity contribution in [3.8, 4) is 62.1 Å². The molecule has 0 saturated heterocycles. The van der Waals surface area contributed by atoms with Gasteiger partial charge in [-0.2, -0.15) is 0 Å². The van der Waals surface area contributed by atoms with E-state index in [9.17, 15) is 0 Å². The number of rotatable bonds is 6. The van der Waals surface area contributed by atoms with Crippen molar-refractivity contribution in [3.05, 3.63) is 186 Å². The van der Waals surface area contributed by atoms with Gasteiger partial charge in [0.1, 0.15) is 0 Å². The zero-order valence-corrected chi connectivity index (χ0v) is 29.3. The lowest BCUT2D eigenvalue weighted by Gasteiger charge is -2.13. The van der Waals surface area contributed by atoms with Crippen molar-refractivity contribution in [3.63, 3.8) is 0 Å². The number of fused-ring (bicyclic) bond motifs is 3. The van der Waals surface area contributed by atoms with Crippen LogP contribution >= 0.6 is 0 Å². The van der Waals surface area contributed by atoms with Gasteiger partial charge in [-0.1, -0.05) is 127 Å². The number of aryl methyl sites for hydroxylation is 2. The Kier molecular flexibility index (Phi) is 7.91. The van der Waals surface area contributed by atoms with E-state index >= 15 is 0 Å². The van der Waals surface area contributed by atoms with Crippen molar-refractivity contribution in [2.75, 3.05) is 0 Å². The molecule has 0 bridgehead atoms. The van der Waals surface area contributed by atoms with Gasteiger partial charge in [-0.15, -0.1) is 0 Å². The predicted molar refractivity (Wildman–Crippen MR) is 217 cm³/mol. The summed E-state index contributed by atoms with van der Waals surface area (Å²) in [6, 6.07) is 56.3. The molecule has 0 amide bonds. The lowest BCUT2D eigenvalue weighted by molar-refractivity contribution is 1.07. The maximum atomic E-state index is 8.17. The fraction of sp³-hybridized carbons (Fsp3) is 0.0417. The first kappa shape index (κ1) is 31.8. The highest BCUT2D eigenvalue weighted by Gasteiger charge is 2.19. The van der Waals surface area contributed by atoms with Crippen molar-refractivity contribution in [2.45, 2.75) is 13.8 Å². The van der Waals surface area contributed by atoms with E-state index in [1.54, 1.807) is 0 Å². The van der Waals surface area contributed by atoms with Crippen LogP contribution in [0.15, 0.2) is 164 Å². The van der Waals surface area contributed by atoms with Crippen LogP contribution in [0.3, 0.4) is 0 Å². The van der Waals surface area contributed by atoms with E-state index in [1.807, 2.05) is 72.8 Å². The Hall–Kier alpha value is -7.16. The summed E-state index contributed by atoms with van der Waals surface area (Å²) < 4.78 is 2.29. The molecule has 0 N–H and O–H groups in total. The van der Waals surface area contributed by atoms with Gasteiger partial charge in [0.25, 0.3) is 0 Å². The second-order valence-electron chi connectivity index (χ2n) is 13.3. The monoisotopic (exact) mass is 679 g/mol. The van der Waals surface area contributed by atoms with Crippen LogP contribution in [0.4, 0.5) is 5.69 Å². The largest absolute Gasteiger partial charge is 0.309 e. The Balaban J connectivity index is 1.29. The van der Waals surface area contributed by atoms with E-state index in [4.69, 9.17) is 21.5 Å². The summed E-state index contributed by atoms with van der Waals surface area (Å²) in [6.45, 7) is 12.5. The van der Waals surface area contributed by atoms with Gasteiger partial charge < -0.3 is 4.57 Å². The molecule has 9 rings (SSSR count). The summed E-state index contributed by atoms with van der Waals surface area (Å²) in [5.41, 5.74) is 13.2. The summed E-state index contributed by atoms with van der Waals surface area (Å²) in [5.74, 6) is 1.57. The van der Waals surface area contributed by atoms with Crippen LogP contribution in [0.2, 0.25) is 0 Å². The molecule has 0 spiro atoms. The maximum absolute atomic E-state index is 8.17. The maximum Gasteiger partial charge on any atom is 0.198 e. The Bertz CT molecular complexity index is 2700. The van der Waals surface area contributed by atoms with Crippen molar-refractivity contribution >= 4 is 27.5 Å². The molecule has 5 nitrogen and oxygen atoms in total. The molecule has 9 aromatic rings. The van der Waals surface area contributed by atoms with Crippen molar-refractivity contribution in [1.29, 1.82) is 0 Å². The fourth-order valence-corrected chi connectivity index (χ4v) is 7.30. The molecule has 7 aromatic carbocycles. The predicted octanol–water partition coefficient (Wildman–Crippen LogP) is 12.5. The highest BCUT2D eigenvalue weighted by atomic mass is 15.0. The molecule has 0 unspecified atom stereocenters. The first-order valence-corrected chi connectivity index (χ1v) is 17.6. The van der Waals surface area contributed by atoms with Gasteiger partial charge in [-0.05, 0) is 83.6 Å². The first-order chi connectivity index (χ1) is 26.1. The third kappa shape index (κ3) is 5.73. The molecule has 0 aliphatic rings. The zero-order valence-electron chi connectivity index (χ0n) is 29.3. The first-order valence-electron chi connectivity index (χ1n) is 17.6. The molecule has 0 fully saturated rings. The number of aromatic nitrogens is 4. The van der Waals surface area contributed by atoms with Gasteiger partial charge in [0.2, 0.25) is 0 Å². The number of hydrogen-bond donors (Lipinski definition) is 0. The molecule has 0 radical (unpaired) electrons. The second kappa shape index (κ2) is 13.2. The number of hydrogen-bond acceptors (Lipinski definition) is 3. The second-order valence-corrected chi connectivity index (χ2v) is 13.3. The van der Waals surface area contributed by atoms with Crippen molar-refractivity contribution < 1.29 is 0 Å². The van der Waals surface area contributed by atoms with Gasteiger partial charge in [-0.25, -0.2) is 19.8 Å². The standard InChI is InChI=1S/C48H33N5/c1-31-14-10-12-20-38(31)35-22-26-44-40(28-35)41-29-36(39-21-13-11-15-32(39)2)23-27-45(41)53(44)37-24-25-43(49-3)42(30-37)48-51-46(33-16-6-4-7-17-33)50-47(52-48)34-18-8-5-9-19-34/h4-30H,1-2H3. The normalized spacial score (nSPS) is 11.2. The van der Waals surface area contributed by atoms with Crippen LogP contribution in [-0.2, 0) is 0 Å². The van der Waals surface area contributed by atoms with E-state index in [1.165, 1.54) is 33.4 Å². The minimum absolute atomic E-state index is 0.454. The summed E-state index contributed by atoms with van der Waals surface area (Å²) in [7, 11) is 0. The van der Waals surface area contributed by atoms with Gasteiger partial charge in [0.15, 0.2) is 23.2 Å². The van der Waals surface area contributed by atoms with E-state index in [0.29, 0.717) is 28.7 Å². The van der Waals surface area contributed by atoms with Crippen LogP contribution in [0.25, 0.3) is 88.8 Å². The van der Waals surface area contributed by atoms with Gasteiger partial charge >= 0.3 is 0 Å². The van der Waals surface area contributed by atoms with Crippen LogP contribution < -0.4 is 0 Å². The summed E-state index contributed by atoms with van der Waals surface area (Å²) >= 11 is 0. The van der Waals surface area contributed by atoms with E-state index in [2.05, 4.69) is 114 Å². The molecule has 250 valence electrons. The highest BCUT2D eigenvalue weighted by Crippen LogP contribution is 2.40. The quantitative estimate of drug-likeness (QED) is 0.164. The molecule has 0 saturated carbocycles. The van der Waals surface area contributed by atoms with Crippen LogP contribution in [0, 0.1) is 20.4 Å². The average molecular weight is 680 g/mol. The van der Waals surface area contributed by atoms with Crippen molar-refractivity contribution in [2.24, 2.45) is 0 Å². The highest BCUT2D eigenvalue weighted by molar-refractivity contribution is 6.12. The van der Waals surface area contributed by atoms with E-state index in [-0.39, 0.29) is 0 Å². The van der Waals surface area contributed by atoms with Gasteiger partial charge in [0, 0.05) is 33.2 Å². The zero-order chi connectivity index (χ0) is 35.9. The molecule has 0 aliphatic heterocycles. The van der Waals surface area contributed by atoms with E-state index in [0.717, 1.165) is 38.6 Å². The van der Waals surface area contributed by atoms with E-state index < -0.39 is 0 Å². The molecule has 2 heterocycles. The molecule has 2 aromatic heterocycles. The third-order valence-electron chi connectivity index (χ3n) is 9.98. The molecular weight excluding hydrogens is 647 g/mol. The topological polar surface area (TPSA) is 48.0 Å². The molecule has 0 aliphatic carbocycles. The Morgan fingerprint density at radius 3 is 1.40 bits per heavy atom. The van der Waals surface area contributed by atoms with Crippen LogP contribution in [-0.4, -0.2) is 19.5 Å². The number of benzene rings is 7. The third-order valence-corrected chi connectivity index (χ3v) is 9.98. The summed E-state index contributed by atoms with van der Waals surface area (Å²) in [5, 5.41) is 2.31. The van der Waals surface area contributed by atoms with Gasteiger partial charge in [0.05, 0.1) is 17.6 Å². The van der Waals surface area contributed by atoms with Gasteiger partial charge in [-0.3, -0.25) is 0 Å². The lowest BCUT2D eigenvalue weighted by Crippen LogP contribution is -2.01. The summed E-state index contributed by atoms with van der Waals surface area (Å²) in [4.78, 5) is 18.8.